The second-order valence-corrected chi connectivity index (χ2v) is 9.10. The first-order valence-corrected chi connectivity index (χ1v) is 10.9. The Hall–Kier alpha value is -1.93. The number of amides is 1. The molecule has 2 aromatic carbocycles. The lowest BCUT2D eigenvalue weighted by atomic mass is 10.1. The van der Waals surface area contributed by atoms with Gasteiger partial charge in [-0.15, -0.1) is 0 Å². The molecule has 28 heavy (non-hydrogen) atoms. The van der Waals surface area contributed by atoms with Crippen molar-refractivity contribution in [1.82, 2.24) is 10.0 Å². The van der Waals surface area contributed by atoms with Crippen molar-refractivity contribution in [3.8, 4) is 0 Å². The maximum absolute atomic E-state index is 12.4. The number of sulfonamides is 1. The Bertz CT molecular complexity index is 897. The third kappa shape index (κ3) is 6.31. The number of halogens is 1. The summed E-state index contributed by atoms with van der Waals surface area (Å²) in [4.78, 5) is 12.6. The van der Waals surface area contributed by atoms with Crippen LogP contribution in [-0.2, 0) is 14.8 Å². The van der Waals surface area contributed by atoms with Crippen molar-refractivity contribution in [2.24, 2.45) is 0 Å². The van der Waals surface area contributed by atoms with Gasteiger partial charge >= 0.3 is 0 Å². The lowest BCUT2D eigenvalue weighted by Crippen LogP contribution is -2.39. The molecular formula is C20H26ClN3O3S. The Labute approximate surface area is 171 Å². The first-order valence-electron chi connectivity index (χ1n) is 9.03. The molecule has 3 N–H and O–H groups in total. The summed E-state index contributed by atoms with van der Waals surface area (Å²) in [6.07, 6.45) is 0. The molecule has 1 amide bonds. The fraction of sp³-hybridized carbons (Fsp3) is 0.350. The van der Waals surface area contributed by atoms with Gasteiger partial charge in [-0.25, -0.2) is 13.1 Å². The highest BCUT2D eigenvalue weighted by Crippen LogP contribution is 2.18. The summed E-state index contributed by atoms with van der Waals surface area (Å²) in [6.45, 7) is 7.25. The molecule has 0 aliphatic carbocycles. The highest BCUT2D eigenvalue weighted by Gasteiger charge is 2.18. The van der Waals surface area contributed by atoms with Crippen LogP contribution in [0.5, 0.6) is 0 Å². The average Bonchev–Trinajstić information content (AvgIpc) is 2.61. The van der Waals surface area contributed by atoms with Crippen LogP contribution in [0.4, 0.5) is 5.69 Å². The van der Waals surface area contributed by atoms with Gasteiger partial charge < -0.3 is 5.32 Å². The maximum Gasteiger partial charge on any atom is 0.241 e. The highest BCUT2D eigenvalue weighted by molar-refractivity contribution is 7.89. The van der Waals surface area contributed by atoms with Crippen molar-refractivity contribution in [2.45, 2.75) is 50.7 Å². The molecule has 2 rings (SSSR count). The molecule has 0 saturated carbocycles. The lowest BCUT2D eigenvalue weighted by Gasteiger charge is -2.20. The predicted molar refractivity (Wildman–Crippen MR) is 113 cm³/mol. The number of hydrogen-bond acceptors (Lipinski definition) is 4. The molecule has 152 valence electrons. The van der Waals surface area contributed by atoms with Crippen molar-refractivity contribution in [2.75, 3.05) is 5.32 Å². The van der Waals surface area contributed by atoms with Crippen LogP contribution in [0.3, 0.4) is 0 Å². The fourth-order valence-corrected chi connectivity index (χ4v) is 4.02. The van der Waals surface area contributed by atoms with Gasteiger partial charge in [0.1, 0.15) is 0 Å². The largest absolute Gasteiger partial charge is 0.325 e. The van der Waals surface area contributed by atoms with E-state index in [9.17, 15) is 13.2 Å². The first kappa shape index (κ1) is 22.4. The lowest BCUT2D eigenvalue weighted by molar-refractivity contribution is -0.117. The van der Waals surface area contributed by atoms with Crippen molar-refractivity contribution in [1.29, 1.82) is 0 Å². The van der Waals surface area contributed by atoms with Gasteiger partial charge in [-0.05, 0) is 69.7 Å². The number of carbonyl (C=O) groups excluding carboxylic acids is 1. The second-order valence-electron chi connectivity index (χ2n) is 6.95. The van der Waals surface area contributed by atoms with Gasteiger partial charge in [0.15, 0.2) is 0 Å². The molecule has 0 bridgehead atoms. The van der Waals surface area contributed by atoms with Gasteiger partial charge in [-0.2, -0.15) is 0 Å². The van der Waals surface area contributed by atoms with E-state index in [0.29, 0.717) is 10.7 Å². The molecule has 8 heteroatoms. The molecule has 0 fully saturated rings. The van der Waals surface area contributed by atoms with Crippen LogP contribution in [0.1, 0.15) is 39.3 Å². The Morgan fingerprint density at radius 3 is 2.04 bits per heavy atom. The number of benzene rings is 2. The van der Waals surface area contributed by atoms with Crippen LogP contribution in [-0.4, -0.2) is 26.4 Å². The topological polar surface area (TPSA) is 87.3 Å². The van der Waals surface area contributed by atoms with Gasteiger partial charge in [0.05, 0.1) is 10.9 Å². The van der Waals surface area contributed by atoms with Gasteiger partial charge in [0.2, 0.25) is 15.9 Å². The van der Waals surface area contributed by atoms with Crippen LogP contribution in [0, 0.1) is 0 Å². The summed E-state index contributed by atoms with van der Waals surface area (Å²) < 4.78 is 26.8. The van der Waals surface area contributed by atoms with E-state index in [2.05, 4.69) is 15.4 Å². The van der Waals surface area contributed by atoms with E-state index in [4.69, 9.17) is 11.6 Å². The predicted octanol–water partition coefficient (Wildman–Crippen LogP) is 3.70. The summed E-state index contributed by atoms with van der Waals surface area (Å²) in [5.74, 6) is -0.211. The monoisotopic (exact) mass is 423 g/mol. The molecule has 0 heterocycles. The van der Waals surface area contributed by atoms with E-state index in [0.717, 1.165) is 5.56 Å². The van der Waals surface area contributed by atoms with Crippen LogP contribution < -0.4 is 15.4 Å². The van der Waals surface area contributed by atoms with E-state index >= 15 is 0 Å². The Kier molecular flexibility index (Phi) is 7.60. The van der Waals surface area contributed by atoms with Crippen LogP contribution in [0.25, 0.3) is 0 Å². The molecule has 0 aliphatic heterocycles. The standard InChI is InChI=1S/C20H26ClN3O3S/c1-13(2)24-28(26,27)19-11-9-18(10-12-19)23-20(25)15(4)22-14(3)16-5-7-17(21)8-6-16/h5-15,22,24H,1-4H3,(H,23,25)/t14-,15-/m1/s1. The first-order chi connectivity index (χ1) is 13.1. The summed E-state index contributed by atoms with van der Waals surface area (Å²) in [7, 11) is -3.56. The third-order valence-corrected chi connectivity index (χ3v) is 6.01. The maximum atomic E-state index is 12.4. The zero-order valence-corrected chi connectivity index (χ0v) is 17.9. The van der Waals surface area contributed by atoms with Crippen molar-refractivity contribution < 1.29 is 13.2 Å². The molecule has 0 aliphatic rings. The molecule has 2 aromatic rings. The minimum absolute atomic E-state index is 0.0346. The Morgan fingerprint density at radius 1 is 0.929 bits per heavy atom. The van der Waals surface area contributed by atoms with Crippen molar-refractivity contribution in [3.05, 3.63) is 59.1 Å². The Morgan fingerprint density at radius 2 is 1.50 bits per heavy atom. The molecule has 6 nitrogen and oxygen atoms in total. The van der Waals surface area contributed by atoms with E-state index in [1.807, 2.05) is 31.2 Å². The molecule has 0 spiro atoms. The molecule has 2 atom stereocenters. The van der Waals surface area contributed by atoms with Gasteiger partial charge in [-0.3, -0.25) is 10.1 Å². The quantitative estimate of drug-likeness (QED) is 0.604. The van der Waals surface area contributed by atoms with Crippen molar-refractivity contribution >= 4 is 33.2 Å². The van der Waals surface area contributed by atoms with Gasteiger partial charge in [0.25, 0.3) is 0 Å². The summed E-state index contributed by atoms with van der Waals surface area (Å²) >= 11 is 5.90. The van der Waals surface area contributed by atoms with E-state index in [1.54, 1.807) is 32.9 Å². The highest BCUT2D eigenvalue weighted by atomic mass is 35.5. The summed E-state index contributed by atoms with van der Waals surface area (Å²) in [5.41, 5.74) is 1.55. The second kappa shape index (κ2) is 9.52. The molecule has 0 unspecified atom stereocenters. The zero-order chi connectivity index (χ0) is 20.9. The van der Waals surface area contributed by atoms with E-state index < -0.39 is 16.1 Å². The fourth-order valence-electron chi connectivity index (χ4n) is 2.64. The summed E-state index contributed by atoms with van der Waals surface area (Å²) in [6, 6.07) is 12.8. The number of carbonyl (C=O) groups is 1. The molecular weight excluding hydrogens is 398 g/mol. The van der Waals surface area contributed by atoms with Crippen LogP contribution in [0.2, 0.25) is 5.02 Å². The average molecular weight is 424 g/mol. The Balaban J connectivity index is 1.97. The van der Waals surface area contributed by atoms with Crippen LogP contribution in [0.15, 0.2) is 53.4 Å². The van der Waals surface area contributed by atoms with Crippen LogP contribution >= 0.6 is 11.6 Å². The van der Waals surface area contributed by atoms with E-state index in [-0.39, 0.29) is 22.9 Å². The number of anilines is 1. The molecule has 0 aromatic heterocycles. The SMILES string of the molecule is CC(C)NS(=O)(=O)c1ccc(NC(=O)[C@@H](C)N[C@H](C)c2ccc(Cl)cc2)cc1. The normalized spacial score (nSPS) is 13.9. The number of hydrogen-bond donors (Lipinski definition) is 3. The van der Waals surface area contributed by atoms with Gasteiger partial charge in [0, 0.05) is 22.8 Å². The van der Waals surface area contributed by atoms with Crippen molar-refractivity contribution in [3.63, 3.8) is 0 Å². The minimum atomic E-state index is -3.56. The number of nitrogens with one attached hydrogen (secondary N) is 3. The molecule has 0 saturated heterocycles. The zero-order valence-electron chi connectivity index (χ0n) is 16.4. The minimum Gasteiger partial charge on any atom is -0.325 e. The van der Waals surface area contributed by atoms with E-state index in [1.165, 1.54) is 12.1 Å². The smallest absolute Gasteiger partial charge is 0.241 e. The summed E-state index contributed by atoms with van der Waals surface area (Å²) in [5, 5.41) is 6.68. The number of rotatable bonds is 8. The third-order valence-electron chi connectivity index (χ3n) is 4.09. The van der Waals surface area contributed by atoms with Gasteiger partial charge in [-0.1, -0.05) is 23.7 Å². The molecule has 0 radical (unpaired) electrons.